The van der Waals surface area contributed by atoms with Gasteiger partial charge in [-0.2, -0.15) is 0 Å². The van der Waals surface area contributed by atoms with Crippen LogP contribution in [-0.4, -0.2) is 25.4 Å². The summed E-state index contributed by atoms with van der Waals surface area (Å²) in [6, 6.07) is 8.72. The zero-order chi connectivity index (χ0) is 13.6. The van der Waals surface area contributed by atoms with Crippen molar-refractivity contribution in [3.05, 3.63) is 24.3 Å². The first kappa shape index (κ1) is 15.4. The second-order valence-corrected chi connectivity index (χ2v) is 6.49. The first-order valence-electron chi connectivity index (χ1n) is 6.44. The molecule has 0 radical (unpaired) electrons. The summed E-state index contributed by atoms with van der Waals surface area (Å²) in [5, 5.41) is 3.47. The SMILES string of the molecule is CSc1ccccc1OCC(C)(C)CNC(C)C. The zero-order valence-corrected chi connectivity index (χ0v) is 12.9. The average Bonchev–Trinajstić information content (AvgIpc) is 2.34. The van der Waals surface area contributed by atoms with Crippen LogP contribution in [0.2, 0.25) is 0 Å². The van der Waals surface area contributed by atoms with Gasteiger partial charge < -0.3 is 10.1 Å². The number of ether oxygens (including phenoxy) is 1. The number of benzene rings is 1. The number of thioether (sulfide) groups is 1. The summed E-state index contributed by atoms with van der Waals surface area (Å²) in [5.41, 5.74) is 0.135. The maximum atomic E-state index is 5.96. The summed E-state index contributed by atoms with van der Waals surface area (Å²) >= 11 is 1.72. The highest BCUT2D eigenvalue weighted by Crippen LogP contribution is 2.28. The molecule has 0 saturated heterocycles. The molecule has 102 valence electrons. The Balaban J connectivity index is 2.53. The van der Waals surface area contributed by atoms with Gasteiger partial charge in [-0.15, -0.1) is 11.8 Å². The molecule has 1 aromatic rings. The van der Waals surface area contributed by atoms with Crippen LogP contribution in [0, 0.1) is 5.41 Å². The van der Waals surface area contributed by atoms with Crippen LogP contribution in [0.25, 0.3) is 0 Å². The molecular formula is C15H25NOS. The fourth-order valence-corrected chi connectivity index (χ4v) is 2.09. The summed E-state index contributed by atoms with van der Waals surface area (Å²) in [6.45, 7) is 10.5. The average molecular weight is 267 g/mol. The van der Waals surface area contributed by atoms with Crippen LogP contribution in [0.1, 0.15) is 27.7 Å². The molecular weight excluding hydrogens is 242 g/mol. The summed E-state index contributed by atoms with van der Waals surface area (Å²) in [5.74, 6) is 0.989. The van der Waals surface area contributed by atoms with Crippen LogP contribution in [0.4, 0.5) is 0 Å². The molecule has 1 N–H and O–H groups in total. The molecule has 0 aromatic heterocycles. The van der Waals surface area contributed by atoms with E-state index in [0.717, 1.165) is 18.9 Å². The van der Waals surface area contributed by atoms with E-state index in [2.05, 4.69) is 45.3 Å². The maximum absolute atomic E-state index is 5.96. The molecule has 0 unspecified atom stereocenters. The zero-order valence-electron chi connectivity index (χ0n) is 12.1. The fourth-order valence-electron chi connectivity index (χ4n) is 1.54. The Morgan fingerprint density at radius 2 is 1.94 bits per heavy atom. The molecule has 0 amide bonds. The molecule has 0 heterocycles. The lowest BCUT2D eigenvalue weighted by atomic mass is 9.94. The van der Waals surface area contributed by atoms with E-state index in [0.29, 0.717) is 6.04 Å². The maximum Gasteiger partial charge on any atom is 0.132 e. The Bertz CT molecular complexity index is 363. The van der Waals surface area contributed by atoms with E-state index in [1.807, 2.05) is 18.2 Å². The molecule has 1 aromatic carbocycles. The highest BCUT2D eigenvalue weighted by atomic mass is 32.2. The van der Waals surface area contributed by atoms with Crippen molar-refractivity contribution in [1.82, 2.24) is 5.32 Å². The van der Waals surface area contributed by atoms with Crippen molar-refractivity contribution in [2.75, 3.05) is 19.4 Å². The van der Waals surface area contributed by atoms with Crippen LogP contribution < -0.4 is 10.1 Å². The van der Waals surface area contributed by atoms with E-state index < -0.39 is 0 Å². The summed E-state index contributed by atoms with van der Waals surface area (Å²) < 4.78 is 5.96. The van der Waals surface area contributed by atoms with E-state index >= 15 is 0 Å². The van der Waals surface area contributed by atoms with E-state index in [1.54, 1.807) is 11.8 Å². The predicted molar refractivity (Wildman–Crippen MR) is 80.6 cm³/mol. The van der Waals surface area contributed by atoms with Gasteiger partial charge in [0.15, 0.2) is 0 Å². The lowest BCUT2D eigenvalue weighted by Crippen LogP contribution is -2.37. The summed E-state index contributed by atoms with van der Waals surface area (Å²) in [6.07, 6.45) is 2.08. The largest absolute Gasteiger partial charge is 0.492 e. The van der Waals surface area contributed by atoms with E-state index in [-0.39, 0.29) is 5.41 Å². The first-order valence-corrected chi connectivity index (χ1v) is 7.66. The predicted octanol–water partition coefficient (Wildman–Crippen LogP) is 3.81. The van der Waals surface area contributed by atoms with Crippen molar-refractivity contribution in [2.24, 2.45) is 5.41 Å². The van der Waals surface area contributed by atoms with Gasteiger partial charge in [0.2, 0.25) is 0 Å². The molecule has 0 atom stereocenters. The van der Waals surface area contributed by atoms with Crippen LogP contribution in [0.15, 0.2) is 29.2 Å². The normalized spacial score (nSPS) is 11.9. The molecule has 1 rings (SSSR count). The highest BCUT2D eigenvalue weighted by Gasteiger charge is 2.19. The van der Waals surface area contributed by atoms with E-state index in [9.17, 15) is 0 Å². The van der Waals surface area contributed by atoms with Crippen molar-refractivity contribution >= 4 is 11.8 Å². The molecule has 3 heteroatoms. The molecule has 0 bridgehead atoms. The smallest absolute Gasteiger partial charge is 0.132 e. The lowest BCUT2D eigenvalue weighted by molar-refractivity contribution is 0.170. The standard InChI is InChI=1S/C15H25NOS/c1-12(2)16-10-15(3,4)11-17-13-8-6-7-9-14(13)18-5/h6-9,12,16H,10-11H2,1-5H3. The van der Waals surface area contributed by atoms with Gasteiger partial charge in [0.25, 0.3) is 0 Å². The number of para-hydroxylation sites is 1. The topological polar surface area (TPSA) is 21.3 Å². The van der Waals surface area contributed by atoms with Gasteiger partial charge in [-0.1, -0.05) is 39.8 Å². The van der Waals surface area contributed by atoms with Gasteiger partial charge >= 0.3 is 0 Å². The molecule has 0 fully saturated rings. The molecule has 0 saturated carbocycles. The first-order chi connectivity index (χ1) is 8.44. The van der Waals surface area contributed by atoms with Gasteiger partial charge in [0, 0.05) is 22.9 Å². The second-order valence-electron chi connectivity index (χ2n) is 5.64. The van der Waals surface area contributed by atoms with Crippen LogP contribution in [-0.2, 0) is 0 Å². The van der Waals surface area contributed by atoms with Gasteiger partial charge in [-0.3, -0.25) is 0 Å². The Kier molecular flexibility index (Phi) is 6.03. The second kappa shape index (κ2) is 7.05. The number of rotatable bonds is 7. The number of nitrogens with one attached hydrogen (secondary N) is 1. The molecule has 0 spiro atoms. The molecule has 0 aliphatic heterocycles. The Hall–Kier alpha value is -0.670. The lowest BCUT2D eigenvalue weighted by Gasteiger charge is -2.26. The molecule has 0 aliphatic carbocycles. The summed E-state index contributed by atoms with van der Waals surface area (Å²) in [4.78, 5) is 1.20. The minimum absolute atomic E-state index is 0.135. The number of hydrogen-bond acceptors (Lipinski definition) is 3. The Morgan fingerprint density at radius 3 is 2.56 bits per heavy atom. The van der Waals surface area contributed by atoms with Crippen molar-refractivity contribution < 1.29 is 4.74 Å². The van der Waals surface area contributed by atoms with Gasteiger partial charge in [0.1, 0.15) is 5.75 Å². The van der Waals surface area contributed by atoms with E-state index in [4.69, 9.17) is 4.74 Å². The van der Waals surface area contributed by atoms with Crippen molar-refractivity contribution in [1.29, 1.82) is 0 Å². The minimum Gasteiger partial charge on any atom is -0.492 e. The molecule has 18 heavy (non-hydrogen) atoms. The summed E-state index contributed by atoms with van der Waals surface area (Å²) in [7, 11) is 0. The Labute approximate surface area is 116 Å². The third-order valence-electron chi connectivity index (χ3n) is 2.68. The van der Waals surface area contributed by atoms with Gasteiger partial charge in [-0.05, 0) is 18.4 Å². The van der Waals surface area contributed by atoms with Gasteiger partial charge in [0.05, 0.1) is 6.61 Å². The highest BCUT2D eigenvalue weighted by molar-refractivity contribution is 7.98. The molecule has 2 nitrogen and oxygen atoms in total. The quantitative estimate of drug-likeness (QED) is 0.759. The van der Waals surface area contributed by atoms with Crippen molar-refractivity contribution in [3.8, 4) is 5.75 Å². The number of hydrogen-bond donors (Lipinski definition) is 1. The fraction of sp³-hybridized carbons (Fsp3) is 0.600. The van der Waals surface area contributed by atoms with E-state index in [1.165, 1.54) is 4.90 Å². The third kappa shape index (κ3) is 5.32. The minimum atomic E-state index is 0.135. The third-order valence-corrected chi connectivity index (χ3v) is 3.45. The van der Waals surface area contributed by atoms with Crippen molar-refractivity contribution in [2.45, 2.75) is 38.6 Å². The van der Waals surface area contributed by atoms with Crippen LogP contribution >= 0.6 is 11.8 Å². The Morgan fingerprint density at radius 1 is 1.28 bits per heavy atom. The van der Waals surface area contributed by atoms with Crippen LogP contribution in [0.5, 0.6) is 5.75 Å². The van der Waals surface area contributed by atoms with Gasteiger partial charge in [-0.25, -0.2) is 0 Å². The monoisotopic (exact) mass is 267 g/mol. The van der Waals surface area contributed by atoms with Crippen molar-refractivity contribution in [3.63, 3.8) is 0 Å². The molecule has 0 aliphatic rings. The van der Waals surface area contributed by atoms with Crippen LogP contribution in [0.3, 0.4) is 0 Å².